The van der Waals surface area contributed by atoms with E-state index in [0.717, 1.165) is 31.6 Å². The van der Waals surface area contributed by atoms with Crippen LogP contribution < -0.4 is 0 Å². The number of nitrogens with zero attached hydrogens (tertiary/aromatic N) is 2. The standard InChI is InChI=1S/C16H26N2O/c1-16(2,3)12-15(19)14-6-5-9-18(14)13-7-10-17(4)11-8-13/h5-6,9,13H,7-8,10-12H2,1-4H3. The molecule has 1 fully saturated rings. The third-order valence-electron chi connectivity index (χ3n) is 3.84. The molecule has 0 amide bonds. The summed E-state index contributed by atoms with van der Waals surface area (Å²) in [5.74, 6) is 0.274. The summed E-state index contributed by atoms with van der Waals surface area (Å²) < 4.78 is 2.21. The number of piperidine rings is 1. The van der Waals surface area contributed by atoms with Crippen LogP contribution in [-0.2, 0) is 0 Å². The van der Waals surface area contributed by atoms with Gasteiger partial charge in [-0.1, -0.05) is 20.8 Å². The van der Waals surface area contributed by atoms with Gasteiger partial charge in [0.1, 0.15) is 0 Å². The summed E-state index contributed by atoms with van der Waals surface area (Å²) in [6, 6.07) is 4.48. The predicted octanol–water partition coefficient (Wildman–Crippen LogP) is 3.37. The minimum atomic E-state index is 0.0545. The quantitative estimate of drug-likeness (QED) is 0.780. The number of Topliss-reactive ketones (excluding diaryl/α,β-unsaturated/α-hetero) is 1. The molecule has 0 saturated carbocycles. The summed E-state index contributed by atoms with van der Waals surface area (Å²) in [6.07, 6.45) is 4.97. The highest BCUT2D eigenvalue weighted by molar-refractivity contribution is 5.95. The molecule has 0 unspecified atom stereocenters. The Morgan fingerprint density at radius 3 is 2.53 bits per heavy atom. The first kappa shape index (κ1) is 14.3. The maximum absolute atomic E-state index is 12.4. The van der Waals surface area contributed by atoms with Crippen LogP contribution in [0.1, 0.15) is 56.6 Å². The Kier molecular flexibility index (Phi) is 4.14. The largest absolute Gasteiger partial charge is 0.342 e. The van der Waals surface area contributed by atoms with Crippen LogP contribution >= 0.6 is 0 Å². The summed E-state index contributed by atoms with van der Waals surface area (Å²) in [5, 5.41) is 0. The van der Waals surface area contributed by atoms with Crippen molar-refractivity contribution in [3.63, 3.8) is 0 Å². The van der Waals surface area contributed by atoms with Crippen LogP contribution in [-0.4, -0.2) is 35.4 Å². The number of rotatable bonds is 3. The fraction of sp³-hybridized carbons (Fsp3) is 0.688. The average Bonchev–Trinajstić information content (AvgIpc) is 2.76. The van der Waals surface area contributed by atoms with E-state index in [2.05, 4.69) is 43.5 Å². The van der Waals surface area contributed by atoms with Crippen LogP contribution in [0.15, 0.2) is 18.3 Å². The molecule has 1 aliphatic rings. The van der Waals surface area contributed by atoms with Crippen molar-refractivity contribution < 1.29 is 4.79 Å². The summed E-state index contributed by atoms with van der Waals surface area (Å²) in [5.41, 5.74) is 0.948. The molecule has 1 saturated heterocycles. The number of aromatic nitrogens is 1. The van der Waals surface area contributed by atoms with Gasteiger partial charge >= 0.3 is 0 Å². The first-order valence-electron chi connectivity index (χ1n) is 7.25. The van der Waals surface area contributed by atoms with E-state index in [0.29, 0.717) is 12.5 Å². The molecule has 0 N–H and O–H groups in total. The second kappa shape index (κ2) is 5.49. The number of hydrogen-bond acceptors (Lipinski definition) is 2. The van der Waals surface area contributed by atoms with Crippen molar-refractivity contribution in [3.05, 3.63) is 24.0 Å². The topological polar surface area (TPSA) is 25.2 Å². The Bertz CT molecular complexity index is 434. The Balaban J connectivity index is 2.11. The SMILES string of the molecule is CN1CCC(n2cccc2C(=O)CC(C)(C)C)CC1. The second-order valence-electron chi connectivity index (χ2n) is 7.00. The van der Waals surface area contributed by atoms with Crippen molar-refractivity contribution in [2.24, 2.45) is 5.41 Å². The lowest BCUT2D eigenvalue weighted by Crippen LogP contribution is -2.32. The summed E-state index contributed by atoms with van der Waals surface area (Å²) in [6.45, 7) is 8.60. The highest BCUT2D eigenvalue weighted by atomic mass is 16.1. The molecule has 0 spiro atoms. The van der Waals surface area contributed by atoms with Crippen molar-refractivity contribution in [3.8, 4) is 0 Å². The molecule has 0 aliphatic carbocycles. The van der Waals surface area contributed by atoms with E-state index in [-0.39, 0.29) is 11.2 Å². The second-order valence-corrected chi connectivity index (χ2v) is 7.00. The van der Waals surface area contributed by atoms with E-state index in [1.54, 1.807) is 0 Å². The van der Waals surface area contributed by atoms with Gasteiger partial charge in [-0.3, -0.25) is 4.79 Å². The van der Waals surface area contributed by atoms with Crippen molar-refractivity contribution in [2.75, 3.05) is 20.1 Å². The van der Waals surface area contributed by atoms with Crippen molar-refractivity contribution >= 4 is 5.78 Å². The van der Waals surface area contributed by atoms with Gasteiger partial charge in [-0.15, -0.1) is 0 Å². The smallest absolute Gasteiger partial charge is 0.179 e. The first-order chi connectivity index (χ1) is 8.87. The van der Waals surface area contributed by atoms with Crippen LogP contribution in [0.25, 0.3) is 0 Å². The normalized spacial score (nSPS) is 18.7. The zero-order valence-corrected chi connectivity index (χ0v) is 12.6. The zero-order valence-electron chi connectivity index (χ0n) is 12.6. The molecule has 106 valence electrons. The fourth-order valence-corrected chi connectivity index (χ4v) is 2.79. The van der Waals surface area contributed by atoms with Gasteiger partial charge in [0.05, 0.1) is 5.69 Å². The van der Waals surface area contributed by atoms with E-state index < -0.39 is 0 Å². The lowest BCUT2D eigenvalue weighted by atomic mass is 9.89. The number of likely N-dealkylation sites (tertiary alicyclic amines) is 1. The van der Waals surface area contributed by atoms with Gasteiger partial charge in [-0.25, -0.2) is 0 Å². The minimum absolute atomic E-state index is 0.0545. The Hall–Kier alpha value is -1.09. The van der Waals surface area contributed by atoms with Crippen LogP contribution in [0.3, 0.4) is 0 Å². The van der Waals surface area contributed by atoms with E-state index >= 15 is 0 Å². The Morgan fingerprint density at radius 1 is 1.32 bits per heavy atom. The van der Waals surface area contributed by atoms with Crippen LogP contribution in [0.2, 0.25) is 0 Å². The third-order valence-corrected chi connectivity index (χ3v) is 3.84. The van der Waals surface area contributed by atoms with E-state index in [1.165, 1.54) is 0 Å². The molecular formula is C16H26N2O. The van der Waals surface area contributed by atoms with Gasteiger partial charge < -0.3 is 9.47 Å². The van der Waals surface area contributed by atoms with E-state index in [1.807, 2.05) is 12.1 Å². The van der Waals surface area contributed by atoms with Crippen molar-refractivity contribution in [2.45, 2.75) is 46.1 Å². The molecule has 19 heavy (non-hydrogen) atoms. The van der Waals surface area contributed by atoms with Gasteiger partial charge in [0.15, 0.2) is 5.78 Å². The molecule has 2 heterocycles. The highest BCUT2D eigenvalue weighted by Crippen LogP contribution is 2.27. The third kappa shape index (κ3) is 3.69. The van der Waals surface area contributed by atoms with Crippen molar-refractivity contribution in [1.29, 1.82) is 0 Å². The summed E-state index contributed by atoms with van der Waals surface area (Å²) in [4.78, 5) is 14.8. The van der Waals surface area contributed by atoms with E-state index in [4.69, 9.17) is 0 Å². The minimum Gasteiger partial charge on any atom is -0.342 e. The molecular weight excluding hydrogens is 236 g/mol. The molecule has 0 atom stereocenters. The van der Waals surface area contributed by atoms with Gasteiger partial charge in [-0.05, 0) is 50.5 Å². The Morgan fingerprint density at radius 2 is 1.95 bits per heavy atom. The number of carbonyl (C=O) groups is 1. The molecule has 1 aliphatic heterocycles. The highest BCUT2D eigenvalue weighted by Gasteiger charge is 2.24. The molecule has 3 nitrogen and oxygen atoms in total. The van der Waals surface area contributed by atoms with Gasteiger partial charge in [0.25, 0.3) is 0 Å². The van der Waals surface area contributed by atoms with Gasteiger partial charge in [-0.2, -0.15) is 0 Å². The molecule has 2 rings (SSSR count). The van der Waals surface area contributed by atoms with Crippen LogP contribution in [0, 0.1) is 5.41 Å². The lowest BCUT2D eigenvalue weighted by molar-refractivity contribution is 0.0925. The molecule has 1 aromatic heterocycles. The molecule has 3 heteroatoms. The lowest BCUT2D eigenvalue weighted by Gasteiger charge is -2.31. The summed E-state index contributed by atoms with van der Waals surface area (Å²) >= 11 is 0. The van der Waals surface area contributed by atoms with Crippen molar-refractivity contribution in [1.82, 2.24) is 9.47 Å². The summed E-state index contributed by atoms with van der Waals surface area (Å²) in [7, 11) is 2.16. The van der Waals surface area contributed by atoms with E-state index in [9.17, 15) is 4.79 Å². The Labute approximate surface area is 116 Å². The number of ketones is 1. The first-order valence-corrected chi connectivity index (χ1v) is 7.25. The maximum Gasteiger partial charge on any atom is 0.179 e. The number of carbonyl (C=O) groups excluding carboxylic acids is 1. The molecule has 1 aromatic rings. The molecule has 0 aromatic carbocycles. The van der Waals surface area contributed by atoms with Gasteiger partial charge in [0, 0.05) is 18.7 Å². The molecule has 0 bridgehead atoms. The maximum atomic E-state index is 12.4. The number of hydrogen-bond donors (Lipinski definition) is 0. The van der Waals surface area contributed by atoms with Crippen LogP contribution in [0.4, 0.5) is 0 Å². The predicted molar refractivity (Wildman–Crippen MR) is 78.6 cm³/mol. The van der Waals surface area contributed by atoms with Crippen LogP contribution in [0.5, 0.6) is 0 Å². The average molecular weight is 262 g/mol. The van der Waals surface area contributed by atoms with Gasteiger partial charge in [0.2, 0.25) is 0 Å². The molecule has 0 radical (unpaired) electrons. The zero-order chi connectivity index (χ0) is 14.0. The monoisotopic (exact) mass is 262 g/mol. The fourth-order valence-electron chi connectivity index (χ4n) is 2.79.